The molecule has 0 aliphatic carbocycles. The van der Waals surface area contributed by atoms with Crippen molar-refractivity contribution in [3.63, 3.8) is 0 Å². The number of hydrogen-bond acceptors (Lipinski definition) is 3. The first-order chi connectivity index (χ1) is 8.74. The van der Waals surface area contributed by atoms with Crippen molar-refractivity contribution in [2.24, 2.45) is 5.92 Å². The summed E-state index contributed by atoms with van der Waals surface area (Å²) >= 11 is 0. The fraction of sp³-hybridized carbons (Fsp3) is 0.417. The standard InChI is InChI=1S/C12H16FNO4S/c1-8-3-4-10(13)11(7-8)19(17,18)14-6-5-9(2)12(15)16/h3-4,7,9,14H,5-6H2,1-2H3,(H,15,16). The predicted octanol–water partition coefficient (Wildman–Crippen LogP) is 1.52. The number of nitrogens with one attached hydrogen (secondary N) is 1. The van der Waals surface area contributed by atoms with Gasteiger partial charge in [-0.1, -0.05) is 13.0 Å². The van der Waals surface area contributed by atoms with Gasteiger partial charge >= 0.3 is 5.97 Å². The van der Waals surface area contributed by atoms with Crippen LogP contribution in [0.25, 0.3) is 0 Å². The van der Waals surface area contributed by atoms with Crippen molar-refractivity contribution in [1.82, 2.24) is 4.72 Å². The zero-order valence-electron chi connectivity index (χ0n) is 10.7. The fourth-order valence-electron chi connectivity index (χ4n) is 1.43. The van der Waals surface area contributed by atoms with Crippen LogP contribution in [-0.4, -0.2) is 26.0 Å². The summed E-state index contributed by atoms with van der Waals surface area (Å²) in [5.41, 5.74) is 0.626. The predicted molar refractivity (Wildman–Crippen MR) is 67.7 cm³/mol. The average Bonchev–Trinajstić information content (AvgIpc) is 2.31. The third-order valence-corrected chi connectivity index (χ3v) is 4.14. The molecule has 5 nitrogen and oxygen atoms in total. The molecule has 1 atom stereocenters. The van der Waals surface area contributed by atoms with Crippen molar-refractivity contribution >= 4 is 16.0 Å². The minimum Gasteiger partial charge on any atom is -0.481 e. The smallest absolute Gasteiger partial charge is 0.306 e. The summed E-state index contributed by atoms with van der Waals surface area (Å²) < 4.78 is 39.4. The van der Waals surface area contributed by atoms with Crippen LogP contribution in [-0.2, 0) is 14.8 Å². The van der Waals surface area contributed by atoms with Gasteiger partial charge in [-0.25, -0.2) is 17.5 Å². The van der Waals surface area contributed by atoms with Gasteiger partial charge in [-0.05, 0) is 31.0 Å². The molecular weight excluding hydrogens is 273 g/mol. The molecule has 1 aromatic rings. The lowest BCUT2D eigenvalue weighted by Crippen LogP contribution is -2.28. The lowest BCUT2D eigenvalue weighted by molar-refractivity contribution is -0.141. The van der Waals surface area contributed by atoms with Crippen molar-refractivity contribution in [3.05, 3.63) is 29.6 Å². The highest BCUT2D eigenvalue weighted by molar-refractivity contribution is 7.89. The molecule has 0 spiro atoms. The van der Waals surface area contributed by atoms with E-state index >= 15 is 0 Å². The molecule has 0 saturated heterocycles. The van der Waals surface area contributed by atoms with E-state index in [4.69, 9.17) is 5.11 Å². The number of halogens is 1. The molecule has 0 radical (unpaired) electrons. The quantitative estimate of drug-likeness (QED) is 0.831. The van der Waals surface area contributed by atoms with Crippen LogP contribution in [0.1, 0.15) is 18.9 Å². The Bertz CT molecular complexity index is 571. The van der Waals surface area contributed by atoms with Crippen molar-refractivity contribution in [3.8, 4) is 0 Å². The van der Waals surface area contributed by atoms with Crippen LogP contribution in [0.15, 0.2) is 23.1 Å². The summed E-state index contributed by atoms with van der Waals surface area (Å²) in [7, 11) is -3.95. The van der Waals surface area contributed by atoms with Crippen molar-refractivity contribution < 1.29 is 22.7 Å². The maximum absolute atomic E-state index is 13.5. The number of aryl methyl sites for hydroxylation is 1. The first-order valence-corrected chi connectivity index (χ1v) is 7.21. The number of hydrogen-bond donors (Lipinski definition) is 2. The second-order valence-electron chi connectivity index (χ2n) is 4.36. The van der Waals surface area contributed by atoms with Crippen LogP contribution in [0.5, 0.6) is 0 Å². The summed E-state index contributed by atoms with van der Waals surface area (Å²) in [6.45, 7) is 3.08. The SMILES string of the molecule is Cc1ccc(F)c(S(=O)(=O)NCCC(C)C(=O)O)c1. The first-order valence-electron chi connectivity index (χ1n) is 5.72. The summed E-state index contributed by atoms with van der Waals surface area (Å²) in [5, 5.41) is 8.67. The summed E-state index contributed by atoms with van der Waals surface area (Å²) in [5.74, 6) is -2.49. The second kappa shape index (κ2) is 6.12. The Kier molecular flexibility index (Phi) is 5.02. The van der Waals surface area contributed by atoms with Crippen molar-refractivity contribution in [2.75, 3.05) is 6.54 Å². The molecule has 7 heteroatoms. The molecule has 1 unspecified atom stereocenters. The number of benzene rings is 1. The van der Waals surface area contributed by atoms with E-state index in [0.717, 1.165) is 6.07 Å². The molecule has 0 aliphatic rings. The fourth-order valence-corrected chi connectivity index (χ4v) is 2.64. The Labute approximate surface area is 111 Å². The molecule has 19 heavy (non-hydrogen) atoms. The van der Waals surface area contributed by atoms with Crippen LogP contribution >= 0.6 is 0 Å². The molecule has 0 bridgehead atoms. The van der Waals surface area contributed by atoms with Gasteiger partial charge in [-0.2, -0.15) is 0 Å². The number of aliphatic carboxylic acids is 1. The van der Waals surface area contributed by atoms with Gasteiger partial charge in [0.25, 0.3) is 0 Å². The summed E-state index contributed by atoms with van der Waals surface area (Å²) in [6, 6.07) is 3.79. The average molecular weight is 289 g/mol. The zero-order valence-corrected chi connectivity index (χ0v) is 11.5. The number of rotatable bonds is 6. The van der Waals surface area contributed by atoms with E-state index in [1.807, 2.05) is 0 Å². The first kappa shape index (κ1) is 15.6. The Morgan fingerprint density at radius 3 is 2.68 bits per heavy atom. The van der Waals surface area contributed by atoms with Gasteiger partial charge in [0.2, 0.25) is 10.0 Å². The van der Waals surface area contributed by atoms with Gasteiger partial charge in [0.1, 0.15) is 10.7 Å². The van der Waals surface area contributed by atoms with E-state index in [1.54, 1.807) is 6.92 Å². The van der Waals surface area contributed by atoms with Gasteiger partial charge in [-0.3, -0.25) is 4.79 Å². The lowest BCUT2D eigenvalue weighted by Gasteiger charge is -2.10. The maximum atomic E-state index is 13.5. The van der Waals surface area contributed by atoms with Crippen LogP contribution in [0.4, 0.5) is 4.39 Å². The molecule has 0 amide bonds. The van der Waals surface area contributed by atoms with Gasteiger partial charge in [0.15, 0.2) is 0 Å². The molecule has 1 aromatic carbocycles. The van der Waals surface area contributed by atoms with E-state index in [-0.39, 0.29) is 13.0 Å². The molecule has 0 fully saturated rings. The zero-order chi connectivity index (χ0) is 14.6. The maximum Gasteiger partial charge on any atom is 0.306 e. The Morgan fingerprint density at radius 2 is 2.11 bits per heavy atom. The molecule has 1 rings (SSSR count). The van der Waals surface area contributed by atoms with Gasteiger partial charge in [0, 0.05) is 6.54 Å². The van der Waals surface area contributed by atoms with Gasteiger partial charge in [0.05, 0.1) is 5.92 Å². The van der Waals surface area contributed by atoms with Crippen LogP contribution in [0.2, 0.25) is 0 Å². The highest BCUT2D eigenvalue weighted by Gasteiger charge is 2.19. The molecule has 0 aliphatic heterocycles. The van der Waals surface area contributed by atoms with Crippen LogP contribution in [0.3, 0.4) is 0 Å². The summed E-state index contributed by atoms with van der Waals surface area (Å²) in [6.07, 6.45) is 0.141. The molecular formula is C12H16FNO4S. The molecule has 2 N–H and O–H groups in total. The minimum atomic E-state index is -3.95. The molecule has 0 aromatic heterocycles. The van der Waals surface area contributed by atoms with Gasteiger partial charge in [-0.15, -0.1) is 0 Å². The van der Waals surface area contributed by atoms with E-state index in [2.05, 4.69) is 4.72 Å². The largest absolute Gasteiger partial charge is 0.481 e. The molecule has 106 valence electrons. The summed E-state index contributed by atoms with van der Waals surface area (Å²) in [4.78, 5) is 10.2. The number of carbonyl (C=O) groups is 1. The Morgan fingerprint density at radius 1 is 1.47 bits per heavy atom. The van der Waals surface area contributed by atoms with Crippen LogP contribution in [0, 0.1) is 18.7 Å². The van der Waals surface area contributed by atoms with E-state index in [0.29, 0.717) is 5.56 Å². The van der Waals surface area contributed by atoms with Crippen molar-refractivity contribution in [1.29, 1.82) is 0 Å². The van der Waals surface area contributed by atoms with Crippen LogP contribution < -0.4 is 4.72 Å². The van der Waals surface area contributed by atoms with Crippen molar-refractivity contribution in [2.45, 2.75) is 25.2 Å². The van der Waals surface area contributed by atoms with E-state index < -0.39 is 32.6 Å². The molecule has 0 saturated carbocycles. The Balaban J connectivity index is 2.76. The number of carboxylic acids is 1. The molecule has 0 heterocycles. The topological polar surface area (TPSA) is 83.5 Å². The lowest BCUT2D eigenvalue weighted by atomic mass is 10.1. The second-order valence-corrected chi connectivity index (χ2v) is 6.09. The third kappa shape index (κ3) is 4.29. The monoisotopic (exact) mass is 289 g/mol. The van der Waals surface area contributed by atoms with E-state index in [9.17, 15) is 17.6 Å². The number of carboxylic acid groups (broad SMARTS) is 1. The highest BCUT2D eigenvalue weighted by atomic mass is 32.2. The Hall–Kier alpha value is -1.47. The van der Waals surface area contributed by atoms with E-state index in [1.165, 1.54) is 19.1 Å². The third-order valence-electron chi connectivity index (χ3n) is 2.67. The number of sulfonamides is 1. The normalized spacial score (nSPS) is 13.2. The minimum absolute atomic E-state index is 0.0524. The highest BCUT2D eigenvalue weighted by Crippen LogP contribution is 2.16. The van der Waals surface area contributed by atoms with Gasteiger partial charge < -0.3 is 5.11 Å².